The molecule has 0 saturated heterocycles. The molecule has 7 heteroatoms. The summed E-state index contributed by atoms with van der Waals surface area (Å²) in [6.07, 6.45) is 0.725. The second kappa shape index (κ2) is 5.01. The van der Waals surface area contributed by atoms with Crippen molar-refractivity contribution in [3.63, 3.8) is 0 Å². The van der Waals surface area contributed by atoms with Gasteiger partial charge < -0.3 is 25.6 Å². The highest BCUT2D eigenvalue weighted by Gasteiger charge is 2.26. The molecule has 1 aromatic heterocycles. The fraction of sp³-hybridized carbons (Fsp3) is 0.286. The largest absolute Gasteiger partial charge is 0.495 e. The lowest BCUT2D eigenvalue weighted by Gasteiger charge is -2.13. The summed E-state index contributed by atoms with van der Waals surface area (Å²) in [4.78, 5) is 15.1. The van der Waals surface area contributed by atoms with Gasteiger partial charge in [0.15, 0.2) is 0 Å². The number of carbonyl (C=O) groups excluding carboxylic acids is 1. The van der Waals surface area contributed by atoms with Crippen LogP contribution in [0.1, 0.15) is 21.6 Å². The molecule has 0 fully saturated rings. The third-order valence-corrected chi connectivity index (χ3v) is 3.67. The second-order valence-corrected chi connectivity index (χ2v) is 4.69. The quantitative estimate of drug-likeness (QED) is 0.328. The van der Waals surface area contributed by atoms with E-state index in [9.17, 15) is 4.79 Å². The number of nitrogens with two attached hydrogens (primary N) is 1. The molecule has 1 aliphatic heterocycles. The highest BCUT2D eigenvalue weighted by Crippen LogP contribution is 2.34. The van der Waals surface area contributed by atoms with Gasteiger partial charge in [0.25, 0.3) is 5.91 Å². The summed E-state index contributed by atoms with van der Waals surface area (Å²) in [5.41, 5.74) is 2.97. The second-order valence-electron chi connectivity index (χ2n) is 4.69. The van der Waals surface area contributed by atoms with Gasteiger partial charge in [-0.25, -0.2) is 0 Å². The number of amides is 1. The van der Waals surface area contributed by atoms with E-state index < -0.39 is 0 Å². The molecular weight excluding hydrogens is 272 g/mol. The number of hydrogen-bond acceptors (Lipinski definition) is 5. The molecule has 0 atom stereocenters. The number of carbonyl (C=O) groups is 1. The maximum atomic E-state index is 12.0. The number of rotatable bonds is 2. The van der Waals surface area contributed by atoms with E-state index in [1.54, 1.807) is 13.2 Å². The lowest BCUT2D eigenvalue weighted by Crippen LogP contribution is -2.31. The number of nitrogens with zero attached hydrogens (tertiary/aromatic N) is 1. The predicted molar refractivity (Wildman–Crippen MR) is 78.6 cm³/mol. The van der Waals surface area contributed by atoms with Crippen LogP contribution in [0, 0.1) is 0 Å². The molecule has 0 radical (unpaired) electrons. The van der Waals surface area contributed by atoms with Crippen LogP contribution in [0.2, 0.25) is 0 Å². The molecule has 110 valence electrons. The SMILES string of the molecule is COC(=NN)c1ccc(OC)c2[nH]c3c(c12)CCNC3=O. The number of benzene rings is 1. The average Bonchev–Trinajstić information content (AvgIpc) is 2.90. The van der Waals surface area contributed by atoms with Gasteiger partial charge in [0.05, 0.1) is 19.7 Å². The van der Waals surface area contributed by atoms with E-state index in [-0.39, 0.29) is 5.91 Å². The Kier molecular flexibility index (Phi) is 3.17. The number of H-pyrrole nitrogens is 1. The number of hydrazone groups is 1. The van der Waals surface area contributed by atoms with Gasteiger partial charge in [-0.05, 0) is 24.1 Å². The van der Waals surface area contributed by atoms with E-state index in [0.717, 1.165) is 28.5 Å². The van der Waals surface area contributed by atoms with Crippen LogP contribution < -0.4 is 15.9 Å². The van der Waals surface area contributed by atoms with Crippen LogP contribution in [0.3, 0.4) is 0 Å². The molecule has 7 nitrogen and oxygen atoms in total. The van der Waals surface area contributed by atoms with E-state index >= 15 is 0 Å². The third kappa shape index (κ3) is 1.89. The molecule has 0 bridgehead atoms. The van der Waals surface area contributed by atoms with Gasteiger partial charge in [-0.3, -0.25) is 4.79 Å². The maximum Gasteiger partial charge on any atom is 0.268 e. The Bertz CT molecular complexity index is 748. The van der Waals surface area contributed by atoms with E-state index in [1.165, 1.54) is 7.11 Å². The van der Waals surface area contributed by atoms with Gasteiger partial charge in [0, 0.05) is 17.5 Å². The fourth-order valence-corrected chi connectivity index (χ4v) is 2.76. The number of hydrogen-bond donors (Lipinski definition) is 3. The molecule has 2 heterocycles. The number of fused-ring (bicyclic) bond motifs is 3. The van der Waals surface area contributed by atoms with Crippen LogP contribution >= 0.6 is 0 Å². The Morgan fingerprint density at radius 3 is 2.86 bits per heavy atom. The van der Waals surface area contributed by atoms with Crippen molar-refractivity contribution in [3.05, 3.63) is 29.0 Å². The Morgan fingerprint density at radius 1 is 1.38 bits per heavy atom. The minimum atomic E-state index is -0.121. The minimum Gasteiger partial charge on any atom is -0.495 e. The van der Waals surface area contributed by atoms with Crippen molar-refractivity contribution in [3.8, 4) is 5.75 Å². The first-order valence-electron chi connectivity index (χ1n) is 6.53. The van der Waals surface area contributed by atoms with Crippen molar-refractivity contribution in [1.82, 2.24) is 10.3 Å². The van der Waals surface area contributed by atoms with Gasteiger partial charge in [-0.2, -0.15) is 0 Å². The van der Waals surface area contributed by atoms with Crippen LogP contribution in [0.5, 0.6) is 5.75 Å². The minimum absolute atomic E-state index is 0.121. The zero-order valence-electron chi connectivity index (χ0n) is 11.8. The van der Waals surface area contributed by atoms with Gasteiger partial charge in [0.1, 0.15) is 11.4 Å². The average molecular weight is 288 g/mol. The van der Waals surface area contributed by atoms with Crippen LogP contribution in [0.4, 0.5) is 0 Å². The van der Waals surface area contributed by atoms with Gasteiger partial charge in [-0.15, -0.1) is 5.10 Å². The zero-order valence-corrected chi connectivity index (χ0v) is 11.8. The highest BCUT2D eigenvalue weighted by molar-refractivity contribution is 6.12. The van der Waals surface area contributed by atoms with Crippen LogP contribution in [0.15, 0.2) is 17.2 Å². The first-order valence-corrected chi connectivity index (χ1v) is 6.53. The van der Waals surface area contributed by atoms with Crippen LogP contribution in [-0.2, 0) is 11.2 Å². The summed E-state index contributed by atoms with van der Waals surface area (Å²) in [6.45, 7) is 0.595. The first kappa shape index (κ1) is 13.3. The number of aromatic amines is 1. The molecule has 3 rings (SSSR count). The van der Waals surface area contributed by atoms with Crippen molar-refractivity contribution in [2.75, 3.05) is 20.8 Å². The summed E-state index contributed by atoms with van der Waals surface area (Å²) in [5.74, 6) is 6.24. The van der Waals surface area contributed by atoms with Crippen molar-refractivity contribution < 1.29 is 14.3 Å². The lowest BCUT2D eigenvalue weighted by molar-refractivity contribution is 0.0942. The normalized spacial score (nSPS) is 14.8. The Hall–Kier alpha value is -2.70. The summed E-state index contributed by atoms with van der Waals surface area (Å²) >= 11 is 0. The van der Waals surface area contributed by atoms with E-state index in [0.29, 0.717) is 23.9 Å². The zero-order chi connectivity index (χ0) is 15.0. The summed E-state index contributed by atoms with van der Waals surface area (Å²) in [6, 6.07) is 3.62. The molecule has 1 amide bonds. The topological polar surface area (TPSA) is 102 Å². The first-order chi connectivity index (χ1) is 10.2. The van der Waals surface area contributed by atoms with Gasteiger partial charge in [-0.1, -0.05) is 0 Å². The lowest BCUT2D eigenvalue weighted by atomic mass is 9.99. The Balaban J connectivity index is 2.38. The van der Waals surface area contributed by atoms with E-state index in [4.69, 9.17) is 15.3 Å². The summed E-state index contributed by atoms with van der Waals surface area (Å²) in [7, 11) is 3.09. The number of nitrogens with one attached hydrogen (secondary N) is 2. The highest BCUT2D eigenvalue weighted by atomic mass is 16.5. The molecule has 1 aliphatic rings. The van der Waals surface area contributed by atoms with Crippen LogP contribution in [-0.4, -0.2) is 37.6 Å². The monoisotopic (exact) mass is 288 g/mol. The van der Waals surface area contributed by atoms with Gasteiger partial charge in [0.2, 0.25) is 5.90 Å². The third-order valence-electron chi connectivity index (χ3n) is 3.67. The molecule has 0 unspecified atom stereocenters. The molecule has 4 N–H and O–H groups in total. The Morgan fingerprint density at radius 2 is 2.19 bits per heavy atom. The van der Waals surface area contributed by atoms with Crippen molar-refractivity contribution in [1.29, 1.82) is 0 Å². The van der Waals surface area contributed by atoms with Crippen molar-refractivity contribution in [2.24, 2.45) is 10.9 Å². The molecule has 0 aliphatic carbocycles. The predicted octanol–water partition coefficient (Wildman–Crippen LogP) is 0.729. The molecule has 0 spiro atoms. The van der Waals surface area contributed by atoms with Gasteiger partial charge >= 0.3 is 0 Å². The van der Waals surface area contributed by atoms with Crippen LogP contribution in [0.25, 0.3) is 10.9 Å². The molecule has 21 heavy (non-hydrogen) atoms. The molecule has 0 saturated carbocycles. The van der Waals surface area contributed by atoms with E-state index in [1.807, 2.05) is 6.07 Å². The summed E-state index contributed by atoms with van der Waals surface area (Å²) < 4.78 is 10.6. The fourth-order valence-electron chi connectivity index (χ4n) is 2.76. The number of aromatic nitrogens is 1. The molecule has 2 aromatic rings. The molecular formula is C14H16N4O3. The standard InChI is InChI=1S/C14H16N4O3/c1-20-9-4-3-8(14(18-15)21-2)10-7-5-6-16-13(19)11(7)17-12(9)10/h3-4,17H,5-6,15H2,1-2H3,(H,16,19). The number of methoxy groups -OCH3 is 2. The van der Waals surface area contributed by atoms with Crippen molar-refractivity contribution in [2.45, 2.75) is 6.42 Å². The smallest absolute Gasteiger partial charge is 0.268 e. The maximum absolute atomic E-state index is 12.0. The van der Waals surface area contributed by atoms with Crippen molar-refractivity contribution >= 4 is 22.7 Å². The summed E-state index contributed by atoms with van der Waals surface area (Å²) in [5, 5.41) is 7.35. The Labute approximate surface area is 121 Å². The van der Waals surface area contributed by atoms with E-state index in [2.05, 4.69) is 15.4 Å². The molecule has 1 aromatic carbocycles. The number of ether oxygens (including phenoxy) is 2.